The molecule has 6 heteroatoms. The van der Waals surface area contributed by atoms with E-state index in [-0.39, 0.29) is 5.56 Å². The molecule has 0 aliphatic rings. The van der Waals surface area contributed by atoms with Crippen molar-refractivity contribution in [1.29, 1.82) is 0 Å². The molecule has 0 saturated carbocycles. The Morgan fingerprint density at radius 2 is 2.15 bits per heavy atom. The van der Waals surface area contributed by atoms with Crippen molar-refractivity contribution in [2.75, 3.05) is 0 Å². The van der Waals surface area contributed by atoms with Crippen LogP contribution in [0.5, 0.6) is 0 Å². The number of rotatable bonds is 1. The Kier molecular flexibility index (Phi) is 1.95. The number of H-pyrrole nitrogens is 1. The van der Waals surface area contributed by atoms with E-state index in [1.165, 1.54) is 17.6 Å². The third kappa shape index (κ3) is 1.39. The molecule has 0 saturated heterocycles. The molecule has 2 rings (SSSR count). The van der Waals surface area contributed by atoms with E-state index < -0.39 is 7.12 Å². The first kappa shape index (κ1) is 8.49. The molecule has 0 radical (unpaired) electrons. The van der Waals surface area contributed by atoms with E-state index in [9.17, 15) is 4.79 Å². The van der Waals surface area contributed by atoms with Crippen molar-refractivity contribution in [3.05, 3.63) is 28.6 Å². The summed E-state index contributed by atoms with van der Waals surface area (Å²) in [7, 11) is -1.52. The fourth-order valence-electron chi connectivity index (χ4n) is 1.13. The molecule has 2 aromatic rings. The summed E-state index contributed by atoms with van der Waals surface area (Å²) in [5.74, 6) is 0. The van der Waals surface area contributed by atoms with Crippen molar-refractivity contribution in [2.45, 2.75) is 0 Å². The zero-order chi connectivity index (χ0) is 9.42. The van der Waals surface area contributed by atoms with Gasteiger partial charge in [-0.25, -0.2) is 0 Å². The molecule has 4 nitrogen and oxygen atoms in total. The highest BCUT2D eigenvalue weighted by Crippen LogP contribution is 2.11. The van der Waals surface area contributed by atoms with Crippen LogP contribution in [0.2, 0.25) is 0 Å². The molecule has 1 heterocycles. The molecule has 66 valence electrons. The number of aromatic amines is 1. The summed E-state index contributed by atoms with van der Waals surface area (Å²) in [4.78, 5) is 11.1. The largest absolute Gasteiger partial charge is 0.488 e. The average Bonchev–Trinajstić information content (AvgIpc) is 2.47. The molecule has 1 aromatic carbocycles. The molecule has 0 atom stereocenters. The van der Waals surface area contributed by atoms with Crippen LogP contribution in [-0.2, 0) is 0 Å². The first-order valence-corrected chi connectivity index (χ1v) is 4.47. The van der Waals surface area contributed by atoms with Crippen LogP contribution in [0, 0.1) is 0 Å². The minimum Gasteiger partial charge on any atom is -0.423 e. The van der Waals surface area contributed by atoms with Gasteiger partial charge in [-0.3, -0.25) is 9.17 Å². The SMILES string of the molecule is O=c1[nH]sc2ccc(B(O)O)cc12. The first-order valence-electron chi connectivity index (χ1n) is 3.66. The molecule has 0 bridgehead atoms. The zero-order valence-corrected chi connectivity index (χ0v) is 7.34. The van der Waals surface area contributed by atoms with Crippen LogP contribution in [0.15, 0.2) is 23.0 Å². The molecule has 0 spiro atoms. The van der Waals surface area contributed by atoms with E-state index in [1.807, 2.05) is 0 Å². The minimum absolute atomic E-state index is 0.192. The van der Waals surface area contributed by atoms with Gasteiger partial charge in [-0.15, -0.1) is 0 Å². The Morgan fingerprint density at radius 1 is 1.38 bits per heavy atom. The lowest BCUT2D eigenvalue weighted by atomic mass is 9.80. The van der Waals surface area contributed by atoms with Gasteiger partial charge in [-0.2, -0.15) is 0 Å². The van der Waals surface area contributed by atoms with Gasteiger partial charge in [0.15, 0.2) is 0 Å². The monoisotopic (exact) mass is 195 g/mol. The summed E-state index contributed by atoms with van der Waals surface area (Å²) >= 11 is 1.23. The van der Waals surface area contributed by atoms with Crippen molar-refractivity contribution in [3.8, 4) is 0 Å². The van der Waals surface area contributed by atoms with Crippen LogP contribution in [0.3, 0.4) is 0 Å². The number of benzene rings is 1. The van der Waals surface area contributed by atoms with E-state index in [1.54, 1.807) is 12.1 Å². The number of nitrogens with one attached hydrogen (secondary N) is 1. The third-order valence-corrected chi connectivity index (χ3v) is 2.66. The van der Waals surface area contributed by atoms with Crippen LogP contribution in [0.4, 0.5) is 0 Å². The molecule has 1 aromatic heterocycles. The second-order valence-electron chi connectivity index (χ2n) is 2.66. The van der Waals surface area contributed by atoms with Crippen LogP contribution < -0.4 is 11.0 Å². The van der Waals surface area contributed by atoms with Gasteiger partial charge >= 0.3 is 7.12 Å². The summed E-state index contributed by atoms with van der Waals surface area (Å²) in [6, 6.07) is 4.75. The lowest BCUT2D eigenvalue weighted by Gasteiger charge is -1.96. The van der Waals surface area contributed by atoms with E-state index in [2.05, 4.69) is 4.37 Å². The fourth-order valence-corrected chi connectivity index (χ4v) is 1.84. The maximum absolute atomic E-state index is 11.1. The zero-order valence-electron chi connectivity index (χ0n) is 6.52. The van der Waals surface area contributed by atoms with Gasteiger partial charge in [0.1, 0.15) is 0 Å². The summed E-state index contributed by atoms with van der Waals surface area (Å²) in [6.07, 6.45) is 0. The van der Waals surface area contributed by atoms with E-state index in [0.29, 0.717) is 10.8 Å². The highest BCUT2D eigenvalue weighted by Gasteiger charge is 2.12. The van der Waals surface area contributed by atoms with E-state index in [0.717, 1.165) is 4.70 Å². The minimum atomic E-state index is -1.52. The second kappa shape index (κ2) is 2.99. The molecule has 3 N–H and O–H groups in total. The lowest BCUT2D eigenvalue weighted by Crippen LogP contribution is -2.29. The van der Waals surface area contributed by atoms with E-state index in [4.69, 9.17) is 10.0 Å². The summed E-state index contributed by atoms with van der Waals surface area (Å²) in [6.45, 7) is 0. The first-order chi connectivity index (χ1) is 6.18. The topological polar surface area (TPSA) is 73.3 Å². The molecular formula is C7H6BNO3S. The predicted octanol–water partition coefficient (Wildman–Crippen LogP) is -0.731. The van der Waals surface area contributed by atoms with Gasteiger partial charge in [-0.1, -0.05) is 17.6 Å². The van der Waals surface area contributed by atoms with Crippen molar-refractivity contribution in [1.82, 2.24) is 4.37 Å². The summed E-state index contributed by atoms with van der Waals surface area (Å²) in [5.41, 5.74) is 0.138. The molecule has 0 fully saturated rings. The van der Waals surface area contributed by atoms with Gasteiger partial charge in [0, 0.05) is 0 Å². The van der Waals surface area contributed by atoms with Crippen LogP contribution in [0.25, 0.3) is 10.1 Å². The molecular weight excluding hydrogens is 189 g/mol. The Bertz CT molecular complexity index is 490. The van der Waals surface area contributed by atoms with Crippen LogP contribution in [0.1, 0.15) is 0 Å². The Labute approximate surface area is 77.8 Å². The van der Waals surface area contributed by atoms with Gasteiger partial charge in [-0.05, 0) is 17.6 Å². The highest BCUT2D eigenvalue weighted by atomic mass is 32.1. The maximum Gasteiger partial charge on any atom is 0.488 e. The van der Waals surface area contributed by atoms with Crippen LogP contribution >= 0.6 is 11.5 Å². The normalized spacial score (nSPS) is 10.6. The van der Waals surface area contributed by atoms with Gasteiger partial charge < -0.3 is 10.0 Å². The smallest absolute Gasteiger partial charge is 0.423 e. The summed E-state index contributed by atoms with van der Waals surface area (Å²) in [5, 5.41) is 18.2. The third-order valence-electron chi connectivity index (χ3n) is 1.80. The van der Waals surface area contributed by atoms with Gasteiger partial charge in [0.25, 0.3) is 5.56 Å². The Morgan fingerprint density at radius 3 is 2.85 bits per heavy atom. The lowest BCUT2D eigenvalue weighted by molar-refractivity contribution is 0.426. The van der Waals surface area contributed by atoms with Gasteiger partial charge in [0.2, 0.25) is 0 Å². The summed E-state index contributed by atoms with van der Waals surface area (Å²) < 4.78 is 3.38. The number of fused-ring (bicyclic) bond motifs is 1. The average molecular weight is 195 g/mol. The number of hydrogen-bond donors (Lipinski definition) is 3. The maximum atomic E-state index is 11.1. The Balaban J connectivity index is 2.73. The molecule has 0 amide bonds. The predicted molar refractivity (Wildman–Crippen MR) is 52.3 cm³/mol. The van der Waals surface area contributed by atoms with Crippen LogP contribution in [-0.4, -0.2) is 21.5 Å². The molecule has 13 heavy (non-hydrogen) atoms. The fraction of sp³-hybridized carbons (Fsp3) is 0. The quantitative estimate of drug-likeness (QED) is 0.525. The molecule has 0 unspecified atom stereocenters. The Hall–Kier alpha value is -1.11. The highest BCUT2D eigenvalue weighted by molar-refractivity contribution is 7.13. The molecule has 0 aliphatic carbocycles. The van der Waals surface area contributed by atoms with Crippen molar-refractivity contribution in [3.63, 3.8) is 0 Å². The van der Waals surface area contributed by atoms with Gasteiger partial charge in [0.05, 0.1) is 10.1 Å². The second-order valence-corrected chi connectivity index (χ2v) is 3.51. The van der Waals surface area contributed by atoms with E-state index >= 15 is 0 Å². The standard InChI is InChI=1S/C7H6BNO3S/c10-7-5-3-4(8(11)12)1-2-6(5)13-9-7/h1-3,11-12H,(H,9,10). The molecule has 0 aliphatic heterocycles. The van der Waals surface area contributed by atoms with Crippen molar-refractivity contribution < 1.29 is 10.0 Å². The van der Waals surface area contributed by atoms with Crippen molar-refractivity contribution in [2.24, 2.45) is 0 Å². The van der Waals surface area contributed by atoms with Crippen molar-refractivity contribution >= 4 is 34.2 Å². The number of aromatic nitrogens is 1. The number of hydrogen-bond acceptors (Lipinski definition) is 4.